The monoisotopic (exact) mass is 279 g/mol. The van der Waals surface area contributed by atoms with Crippen LogP contribution in [0, 0.1) is 31.3 Å². The summed E-state index contributed by atoms with van der Waals surface area (Å²) in [5, 5.41) is 2.17. The first-order valence-corrected chi connectivity index (χ1v) is 5.92. The minimum Gasteiger partial charge on any atom is -0.319 e. The summed E-state index contributed by atoms with van der Waals surface area (Å²) in [5.74, 6) is -2.93. The second kappa shape index (κ2) is 5.36. The van der Waals surface area contributed by atoms with Crippen LogP contribution < -0.4 is 5.32 Å². The summed E-state index contributed by atoms with van der Waals surface area (Å²) in [6.45, 7) is 2.92. The van der Waals surface area contributed by atoms with Crippen molar-refractivity contribution in [2.45, 2.75) is 13.8 Å². The molecule has 0 spiro atoms. The maximum absolute atomic E-state index is 13.8. The maximum Gasteiger partial charge on any atom is 0.258 e. The second-order valence-corrected chi connectivity index (χ2v) is 4.47. The molecule has 20 heavy (non-hydrogen) atoms. The lowest BCUT2D eigenvalue weighted by Gasteiger charge is -2.09. The van der Waals surface area contributed by atoms with Gasteiger partial charge in [0.1, 0.15) is 17.5 Å². The van der Waals surface area contributed by atoms with E-state index in [2.05, 4.69) is 5.32 Å². The van der Waals surface area contributed by atoms with Gasteiger partial charge in [-0.1, -0.05) is 12.1 Å². The molecule has 0 saturated carbocycles. The molecule has 2 nitrogen and oxygen atoms in total. The lowest BCUT2D eigenvalue weighted by atomic mass is 10.1. The fourth-order valence-electron chi connectivity index (χ4n) is 1.75. The first kappa shape index (κ1) is 14.1. The van der Waals surface area contributed by atoms with Crippen LogP contribution in [0.1, 0.15) is 21.5 Å². The molecule has 2 aromatic carbocycles. The van der Waals surface area contributed by atoms with Gasteiger partial charge < -0.3 is 5.32 Å². The van der Waals surface area contributed by atoms with Crippen molar-refractivity contribution >= 4 is 11.6 Å². The normalized spacial score (nSPS) is 10.4. The molecule has 0 heterocycles. The molecule has 0 unspecified atom stereocenters. The van der Waals surface area contributed by atoms with Crippen LogP contribution in [0.2, 0.25) is 0 Å². The molecular formula is C15H12F3NO. The molecule has 0 aliphatic heterocycles. The molecule has 0 bridgehead atoms. The molecule has 0 aromatic heterocycles. The Kier molecular flexibility index (Phi) is 3.79. The summed E-state index contributed by atoms with van der Waals surface area (Å²) in [7, 11) is 0. The fraction of sp³-hybridized carbons (Fsp3) is 0.133. The standard InChI is InChI=1S/C15H12F3NO/c1-8-4-3-5-10(14(8)18)15(20)19-13-7-11(16)9(2)6-12(13)17/h3-7H,1-2H3,(H,19,20). The molecule has 0 atom stereocenters. The van der Waals surface area contributed by atoms with E-state index in [-0.39, 0.29) is 16.8 Å². The van der Waals surface area contributed by atoms with Crippen molar-refractivity contribution in [3.05, 3.63) is 64.5 Å². The summed E-state index contributed by atoms with van der Waals surface area (Å²) in [4.78, 5) is 11.9. The van der Waals surface area contributed by atoms with Crippen LogP contribution in [0.15, 0.2) is 30.3 Å². The smallest absolute Gasteiger partial charge is 0.258 e. The van der Waals surface area contributed by atoms with Crippen LogP contribution >= 0.6 is 0 Å². The molecule has 104 valence electrons. The van der Waals surface area contributed by atoms with Crippen molar-refractivity contribution in [1.82, 2.24) is 0 Å². The van der Waals surface area contributed by atoms with Gasteiger partial charge in [0.2, 0.25) is 0 Å². The highest BCUT2D eigenvalue weighted by Crippen LogP contribution is 2.20. The van der Waals surface area contributed by atoms with E-state index in [1.54, 1.807) is 0 Å². The van der Waals surface area contributed by atoms with Crippen molar-refractivity contribution in [2.75, 3.05) is 5.32 Å². The van der Waals surface area contributed by atoms with Gasteiger partial charge in [-0.15, -0.1) is 0 Å². The van der Waals surface area contributed by atoms with Gasteiger partial charge in [-0.3, -0.25) is 4.79 Å². The molecule has 1 amide bonds. The van der Waals surface area contributed by atoms with Gasteiger partial charge in [0.25, 0.3) is 5.91 Å². The molecule has 0 aliphatic carbocycles. The average molecular weight is 279 g/mol. The third-order valence-corrected chi connectivity index (χ3v) is 2.93. The highest BCUT2D eigenvalue weighted by Gasteiger charge is 2.16. The summed E-state index contributed by atoms with van der Waals surface area (Å²) in [6.07, 6.45) is 0. The van der Waals surface area contributed by atoms with Crippen LogP contribution in [0.3, 0.4) is 0 Å². The maximum atomic E-state index is 13.8. The Balaban J connectivity index is 2.33. The molecule has 5 heteroatoms. The van der Waals surface area contributed by atoms with Gasteiger partial charge in [-0.25, -0.2) is 13.2 Å². The number of aryl methyl sites for hydroxylation is 2. The number of amides is 1. The number of nitrogens with one attached hydrogen (secondary N) is 1. The van der Waals surface area contributed by atoms with E-state index < -0.39 is 23.4 Å². The van der Waals surface area contributed by atoms with E-state index in [0.29, 0.717) is 5.56 Å². The first-order valence-electron chi connectivity index (χ1n) is 5.92. The molecule has 0 radical (unpaired) electrons. The lowest BCUT2D eigenvalue weighted by molar-refractivity contribution is 0.102. The van der Waals surface area contributed by atoms with Crippen molar-refractivity contribution in [3.8, 4) is 0 Å². The van der Waals surface area contributed by atoms with Crippen molar-refractivity contribution in [2.24, 2.45) is 0 Å². The van der Waals surface area contributed by atoms with Gasteiger partial charge in [0, 0.05) is 6.07 Å². The Labute approximate surface area is 114 Å². The molecular weight excluding hydrogens is 267 g/mol. The fourth-order valence-corrected chi connectivity index (χ4v) is 1.75. The molecule has 2 rings (SSSR count). The van der Waals surface area contributed by atoms with Crippen molar-refractivity contribution in [1.29, 1.82) is 0 Å². The molecule has 0 fully saturated rings. The van der Waals surface area contributed by atoms with Gasteiger partial charge >= 0.3 is 0 Å². The third-order valence-electron chi connectivity index (χ3n) is 2.93. The van der Waals surface area contributed by atoms with E-state index in [1.165, 1.54) is 32.0 Å². The van der Waals surface area contributed by atoms with Crippen LogP contribution in [0.25, 0.3) is 0 Å². The largest absolute Gasteiger partial charge is 0.319 e. The number of carbonyl (C=O) groups is 1. The van der Waals surface area contributed by atoms with Crippen LogP contribution in [-0.4, -0.2) is 5.91 Å². The Hall–Kier alpha value is -2.30. The van der Waals surface area contributed by atoms with E-state index in [4.69, 9.17) is 0 Å². The Morgan fingerprint density at radius 1 is 1.00 bits per heavy atom. The summed E-state index contributed by atoms with van der Waals surface area (Å²) in [5.41, 5.74) is -0.111. The summed E-state index contributed by atoms with van der Waals surface area (Å²) >= 11 is 0. The Bertz CT molecular complexity index is 683. The summed E-state index contributed by atoms with van der Waals surface area (Å²) < 4.78 is 40.7. The lowest BCUT2D eigenvalue weighted by Crippen LogP contribution is -2.15. The van der Waals surface area contributed by atoms with Gasteiger partial charge in [0.15, 0.2) is 0 Å². The van der Waals surface area contributed by atoms with Crippen LogP contribution in [0.5, 0.6) is 0 Å². The zero-order chi connectivity index (χ0) is 14.9. The molecule has 1 N–H and O–H groups in total. The van der Waals surface area contributed by atoms with E-state index in [0.717, 1.165) is 12.1 Å². The first-order chi connectivity index (χ1) is 9.40. The van der Waals surface area contributed by atoms with Crippen molar-refractivity contribution < 1.29 is 18.0 Å². The van der Waals surface area contributed by atoms with E-state index in [1.807, 2.05) is 0 Å². The topological polar surface area (TPSA) is 29.1 Å². The summed E-state index contributed by atoms with van der Waals surface area (Å²) in [6, 6.07) is 6.14. The van der Waals surface area contributed by atoms with E-state index >= 15 is 0 Å². The quantitative estimate of drug-likeness (QED) is 0.885. The minimum atomic E-state index is -0.826. The van der Waals surface area contributed by atoms with Gasteiger partial charge in [-0.05, 0) is 37.1 Å². The van der Waals surface area contributed by atoms with E-state index in [9.17, 15) is 18.0 Å². The number of hydrogen-bond donors (Lipinski definition) is 1. The number of anilines is 1. The highest BCUT2D eigenvalue weighted by molar-refractivity contribution is 6.04. The second-order valence-electron chi connectivity index (χ2n) is 4.47. The predicted octanol–water partition coefficient (Wildman–Crippen LogP) is 3.97. The number of carbonyl (C=O) groups excluding carboxylic acids is 1. The number of benzene rings is 2. The van der Waals surface area contributed by atoms with Gasteiger partial charge in [0.05, 0.1) is 11.3 Å². The zero-order valence-corrected chi connectivity index (χ0v) is 10.9. The Morgan fingerprint density at radius 2 is 1.70 bits per heavy atom. The van der Waals surface area contributed by atoms with Crippen molar-refractivity contribution in [3.63, 3.8) is 0 Å². The average Bonchev–Trinajstić information content (AvgIpc) is 2.39. The third kappa shape index (κ3) is 2.66. The predicted molar refractivity (Wildman–Crippen MR) is 70.2 cm³/mol. The zero-order valence-electron chi connectivity index (χ0n) is 10.9. The molecule has 0 aliphatic rings. The molecule has 0 saturated heterocycles. The van der Waals surface area contributed by atoms with Crippen LogP contribution in [0.4, 0.5) is 18.9 Å². The minimum absolute atomic E-state index is 0.127. The number of rotatable bonds is 2. The Morgan fingerprint density at radius 3 is 2.40 bits per heavy atom. The highest BCUT2D eigenvalue weighted by atomic mass is 19.1. The SMILES string of the molecule is Cc1cc(F)c(NC(=O)c2cccc(C)c2F)cc1F. The number of hydrogen-bond acceptors (Lipinski definition) is 1. The van der Waals surface area contributed by atoms with Crippen LogP contribution in [-0.2, 0) is 0 Å². The molecule has 2 aromatic rings. The van der Waals surface area contributed by atoms with Gasteiger partial charge in [-0.2, -0.15) is 0 Å². The number of halogens is 3.